The molecule has 2 fully saturated rings. The molecule has 2 saturated heterocycles. The zero-order valence-corrected chi connectivity index (χ0v) is 71.8. The SMILES string of the molecule is CC[C@H]1CSc2cc(S(=O)(=O)NC(=O)c3ccc(N4CCN(CC5=C(c6ccc(Cl)cc6)CC(C)(C)CC5)CC4)cc3Oc3cnc4[nH]ccc4c3)cc([N+](=O)[O-])c2C1.COC[C@@H]1CSc2cc(S(=O)(=O)NC(=O)c3ccc(N4CCN(CC5=C(c6ccc(Cl)cc6)CC(C)(C)CC5)CC4)cc3Oc3cnc4[nH]ccc4c3)cc([N+](=O)[O-])c2C1. The number of nitrogens with one attached hydrogen (secondary N) is 4. The van der Waals surface area contributed by atoms with Gasteiger partial charge >= 0.3 is 0 Å². The smallest absolute Gasteiger partial charge is 0.275 e. The molecule has 8 heterocycles. The van der Waals surface area contributed by atoms with Gasteiger partial charge in [0.25, 0.3) is 43.2 Å². The number of halogens is 2. The van der Waals surface area contributed by atoms with Crippen molar-refractivity contribution in [2.24, 2.45) is 22.7 Å². The molecule has 0 radical (unpaired) electrons. The number of thioether (sulfide) groups is 2. The summed E-state index contributed by atoms with van der Waals surface area (Å²) in [7, 11) is -7.50. The number of piperazine rings is 2. The number of rotatable bonds is 23. The summed E-state index contributed by atoms with van der Waals surface area (Å²) < 4.78 is 77.4. The highest BCUT2D eigenvalue weighted by molar-refractivity contribution is 7.99. The van der Waals surface area contributed by atoms with Crippen molar-refractivity contribution in [2.45, 2.75) is 112 Å². The second-order valence-electron chi connectivity index (χ2n) is 33.0. The maximum atomic E-state index is 14.0. The van der Waals surface area contributed by atoms with Crippen molar-refractivity contribution in [3.8, 4) is 23.0 Å². The number of benzene rings is 6. The molecule has 6 aliphatic rings. The first-order valence-corrected chi connectivity index (χ1v) is 45.6. The number of carbonyl (C=O) groups is 2. The zero-order chi connectivity index (χ0) is 83.7. The number of fused-ring (bicyclic) bond motifs is 4. The minimum Gasteiger partial charge on any atom is -0.455 e. The highest BCUT2D eigenvalue weighted by Crippen LogP contribution is 2.48. The third-order valence-electron chi connectivity index (χ3n) is 23.4. The van der Waals surface area contributed by atoms with Gasteiger partial charge in [0.15, 0.2) is 0 Å². The van der Waals surface area contributed by atoms with E-state index >= 15 is 0 Å². The van der Waals surface area contributed by atoms with Gasteiger partial charge in [-0.3, -0.25) is 39.6 Å². The van der Waals surface area contributed by atoms with Gasteiger partial charge < -0.3 is 34.0 Å². The summed E-state index contributed by atoms with van der Waals surface area (Å²) in [6.45, 7) is 19.8. The van der Waals surface area contributed by atoms with Crippen LogP contribution in [-0.4, -0.2) is 159 Å². The fourth-order valence-electron chi connectivity index (χ4n) is 16.7. The second kappa shape index (κ2) is 35.5. The molecule has 4 aliphatic heterocycles. The molecule has 4 aromatic heterocycles. The summed E-state index contributed by atoms with van der Waals surface area (Å²) in [4.78, 5) is 75.8. The molecule has 16 rings (SSSR count). The lowest BCUT2D eigenvalue weighted by Gasteiger charge is -2.39. The van der Waals surface area contributed by atoms with Crippen molar-refractivity contribution in [1.82, 2.24) is 39.2 Å². The fourth-order valence-corrected chi connectivity index (χ4v) is 21.6. The first kappa shape index (κ1) is 84.2. The predicted octanol–water partition coefficient (Wildman–Crippen LogP) is 18.2. The Kier molecular flexibility index (Phi) is 25.1. The van der Waals surface area contributed by atoms with E-state index in [4.69, 9.17) is 37.4 Å². The van der Waals surface area contributed by atoms with E-state index in [1.165, 1.54) is 81.5 Å². The average molecular weight is 1730 g/mol. The van der Waals surface area contributed by atoms with Gasteiger partial charge in [-0.2, -0.15) is 0 Å². The first-order chi connectivity index (χ1) is 57.0. The molecule has 6 aromatic carbocycles. The highest BCUT2D eigenvalue weighted by Gasteiger charge is 2.37. The largest absolute Gasteiger partial charge is 0.455 e. The Labute approximate surface area is 710 Å². The van der Waals surface area contributed by atoms with E-state index in [1.807, 2.05) is 43.3 Å². The third kappa shape index (κ3) is 19.6. The van der Waals surface area contributed by atoms with Crippen LogP contribution in [0.25, 0.3) is 33.2 Å². The van der Waals surface area contributed by atoms with Crippen molar-refractivity contribution >= 4 is 135 Å². The number of ether oxygens (including phenoxy) is 3. The number of amides is 2. The molecular weight excluding hydrogens is 1630 g/mol. The van der Waals surface area contributed by atoms with Gasteiger partial charge in [0.1, 0.15) is 34.3 Å². The Morgan fingerprint density at radius 2 is 0.975 bits per heavy atom. The maximum absolute atomic E-state index is 14.0. The summed E-state index contributed by atoms with van der Waals surface area (Å²) in [6.07, 6.45) is 14.7. The predicted molar refractivity (Wildman–Crippen MR) is 468 cm³/mol. The molecule has 4 N–H and O–H groups in total. The quantitative estimate of drug-likeness (QED) is 0.0341. The van der Waals surface area contributed by atoms with E-state index < -0.39 is 41.7 Å². The van der Waals surface area contributed by atoms with Crippen LogP contribution in [0.2, 0.25) is 10.0 Å². The van der Waals surface area contributed by atoms with Crippen LogP contribution in [0.1, 0.15) is 123 Å². The molecule has 2 amide bonds. The molecule has 0 spiro atoms. The molecule has 622 valence electrons. The molecule has 25 nitrogen and oxygen atoms in total. The number of nitrogens with zero attached hydrogens (tertiary/aromatic N) is 8. The zero-order valence-electron chi connectivity index (χ0n) is 67.0. The lowest BCUT2D eigenvalue weighted by molar-refractivity contribution is -0.386. The van der Waals surface area contributed by atoms with Crippen LogP contribution in [0.3, 0.4) is 0 Å². The van der Waals surface area contributed by atoms with Crippen molar-refractivity contribution in [1.29, 1.82) is 0 Å². The second-order valence-corrected chi connectivity index (χ2v) is 39.3. The number of aromatic amines is 2. The summed E-state index contributed by atoms with van der Waals surface area (Å²) in [5.41, 5.74) is 12.0. The Balaban J connectivity index is 0.000000186. The molecule has 0 unspecified atom stereocenters. The summed E-state index contributed by atoms with van der Waals surface area (Å²) >= 11 is 15.2. The number of carbonyl (C=O) groups excluding carboxylic acids is 2. The topological polar surface area (TPSA) is 311 Å². The normalized spacial score (nSPS) is 18.4. The molecule has 2 aliphatic carbocycles. The molecular formula is C88H94Cl2N12O13S4. The van der Waals surface area contributed by atoms with Gasteiger partial charge in [-0.1, -0.05) is 99.7 Å². The first-order valence-electron chi connectivity index (χ1n) is 39.9. The Morgan fingerprint density at radius 3 is 1.38 bits per heavy atom. The van der Waals surface area contributed by atoms with E-state index in [0.717, 1.165) is 160 Å². The van der Waals surface area contributed by atoms with Crippen LogP contribution in [0.4, 0.5) is 22.7 Å². The van der Waals surface area contributed by atoms with Crippen LogP contribution < -0.4 is 28.7 Å². The Bertz CT molecular complexity index is 5860. The molecule has 0 saturated carbocycles. The number of allylic oxidation sites excluding steroid dienone is 2. The Morgan fingerprint density at radius 1 is 0.563 bits per heavy atom. The number of hydrogen-bond donors (Lipinski definition) is 4. The van der Waals surface area contributed by atoms with Crippen LogP contribution in [0.15, 0.2) is 189 Å². The van der Waals surface area contributed by atoms with Crippen molar-refractivity contribution in [3.05, 3.63) is 233 Å². The van der Waals surface area contributed by atoms with E-state index in [2.05, 4.69) is 101 Å². The van der Waals surface area contributed by atoms with E-state index in [-0.39, 0.29) is 66.5 Å². The van der Waals surface area contributed by atoms with Crippen molar-refractivity contribution in [2.75, 3.05) is 100 Å². The van der Waals surface area contributed by atoms with Crippen LogP contribution in [0.5, 0.6) is 23.0 Å². The maximum Gasteiger partial charge on any atom is 0.275 e. The summed E-state index contributed by atoms with van der Waals surface area (Å²) in [6, 6.07) is 38.7. The molecule has 0 bridgehead atoms. The summed E-state index contributed by atoms with van der Waals surface area (Å²) in [5.74, 6) is 0.787. The minimum atomic E-state index is -4.55. The summed E-state index contributed by atoms with van der Waals surface area (Å²) in [5, 5.41) is 27.3. The number of nitro benzene ring substituents is 2. The van der Waals surface area contributed by atoms with E-state index in [0.29, 0.717) is 68.9 Å². The lowest BCUT2D eigenvalue weighted by atomic mass is 9.72. The molecule has 31 heteroatoms. The van der Waals surface area contributed by atoms with Gasteiger partial charge in [-0.15, -0.1) is 23.5 Å². The number of sulfonamides is 2. The Hall–Kier alpha value is -9.82. The number of anilines is 2. The van der Waals surface area contributed by atoms with Gasteiger partial charge in [-0.25, -0.2) is 36.2 Å². The standard InChI is InChI=1S/C44H47ClN6O7S2.C44H47ClN6O6S2/c1-44(2)12-10-31(38(23-44)29-4-6-32(45)7-5-29)25-49-14-16-50(17-15-49)33-8-9-36(40(20-33)58-34-19-30-11-13-46-42(30)47-24-34)43(52)48-60(55,56)35-21-39(51(53)54)37-18-28(26-57-3)27-59-41(37)22-35;1-4-28-19-37-39(51(53)54)22-35(23-41(37)58-27-28)59(55,56)48-43(52)36-10-9-33(21-40(36)57-34-20-30-12-14-46-42(30)47-25-34)50-17-15-49(16-18-50)26-31-11-13-44(2,3)24-38(31)29-5-7-32(45)8-6-29/h4-9,11,13,19-22,24,28H,10,12,14-18,23,25-27H2,1-3H3,(H,46,47)(H,48,52);5-10,12,14,20-23,25,28H,4,11,13,15-19,24,26-27H2,1-3H3,(H,46,47)(H,48,52)/t2*28-/m11/s1. The van der Waals surface area contributed by atoms with Crippen molar-refractivity contribution < 1.29 is 50.5 Å². The highest BCUT2D eigenvalue weighted by atomic mass is 35.5. The van der Waals surface area contributed by atoms with Gasteiger partial charge in [0, 0.05) is 174 Å². The number of hydrogen-bond acceptors (Lipinski definition) is 21. The molecule has 10 aromatic rings. The number of H-pyrrole nitrogens is 2. The van der Waals surface area contributed by atoms with E-state index in [1.54, 1.807) is 68.0 Å². The molecule has 119 heavy (non-hydrogen) atoms. The van der Waals surface area contributed by atoms with E-state index in [9.17, 15) is 46.7 Å². The van der Waals surface area contributed by atoms with Crippen molar-refractivity contribution in [3.63, 3.8) is 0 Å². The minimum absolute atomic E-state index is 0.0142. The van der Waals surface area contributed by atoms with Gasteiger partial charge in [0.2, 0.25) is 0 Å². The third-order valence-corrected chi connectivity index (χ3v) is 29.1. The average Bonchev–Trinajstić information content (AvgIpc) is 1.53. The number of pyridine rings is 2. The van der Waals surface area contributed by atoms with Crippen LogP contribution in [-0.2, 0) is 37.6 Å². The van der Waals surface area contributed by atoms with Gasteiger partial charge in [-0.05, 0) is 181 Å². The monoisotopic (exact) mass is 1720 g/mol. The lowest BCUT2D eigenvalue weighted by Crippen LogP contribution is -2.47. The van der Waals surface area contributed by atoms with Crippen LogP contribution >= 0.6 is 46.7 Å². The van der Waals surface area contributed by atoms with Crippen LogP contribution in [0, 0.1) is 42.9 Å². The number of aromatic nitrogens is 4. The molecule has 2 atom stereocenters. The number of nitro groups is 2. The fraction of sp³-hybridized carbons (Fsp3) is 0.364. The number of methoxy groups -OCH3 is 1. The van der Waals surface area contributed by atoms with Gasteiger partial charge in [0.05, 0.1) is 49.8 Å².